The Morgan fingerprint density at radius 1 is 1.14 bits per heavy atom. The highest BCUT2D eigenvalue weighted by Crippen LogP contribution is 2.35. The van der Waals surface area contributed by atoms with Crippen LogP contribution in [0.4, 0.5) is 5.69 Å². The van der Waals surface area contributed by atoms with E-state index in [2.05, 4.69) is 0 Å². The monoisotopic (exact) mass is 287 g/mol. The van der Waals surface area contributed by atoms with E-state index in [1.54, 1.807) is 6.07 Å². The van der Waals surface area contributed by atoms with Crippen LogP contribution in [0, 0.1) is 10.1 Å². The highest BCUT2D eigenvalue weighted by Gasteiger charge is 2.22. The largest absolute Gasteiger partial charge is 0.454 e. The van der Waals surface area contributed by atoms with Gasteiger partial charge in [-0.05, 0) is 18.2 Å². The molecule has 0 aliphatic carbocycles. The number of esters is 1. The van der Waals surface area contributed by atoms with Gasteiger partial charge in [-0.25, -0.2) is 4.79 Å². The molecule has 7 nitrogen and oxygen atoms in total. The molecule has 1 heterocycles. The number of hydrogen-bond donors (Lipinski definition) is 0. The molecular weight excluding hydrogens is 278 g/mol. The predicted molar refractivity (Wildman–Crippen MR) is 70.6 cm³/mol. The van der Waals surface area contributed by atoms with Crippen molar-refractivity contribution in [3.63, 3.8) is 0 Å². The molecule has 106 valence electrons. The SMILES string of the molecule is O=C(Oc1ccc2c(c1)OCO2)c1ccccc1[N+](=O)[O-]. The van der Waals surface area contributed by atoms with Gasteiger partial charge in [0.05, 0.1) is 4.92 Å². The van der Waals surface area contributed by atoms with Gasteiger partial charge in [-0.3, -0.25) is 10.1 Å². The number of nitrogens with zero attached hydrogens (tertiary/aromatic N) is 1. The molecule has 3 rings (SSSR count). The maximum absolute atomic E-state index is 12.0. The molecule has 2 aromatic rings. The minimum absolute atomic E-state index is 0.108. The summed E-state index contributed by atoms with van der Waals surface area (Å²) in [5.74, 6) is 0.437. The molecule has 0 radical (unpaired) electrons. The molecule has 7 heteroatoms. The quantitative estimate of drug-likeness (QED) is 0.373. The average Bonchev–Trinajstić information content (AvgIpc) is 2.94. The Hall–Kier alpha value is -3.09. The van der Waals surface area contributed by atoms with E-state index in [4.69, 9.17) is 14.2 Å². The van der Waals surface area contributed by atoms with Crippen molar-refractivity contribution in [3.05, 3.63) is 58.1 Å². The van der Waals surface area contributed by atoms with Crippen molar-refractivity contribution in [2.45, 2.75) is 0 Å². The second-order valence-corrected chi connectivity index (χ2v) is 4.18. The lowest BCUT2D eigenvalue weighted by molar-refractivity contribution is -0.385. The first kappa shape index (κ1) is 12.9. The van der Waals surface area contributed by atoms with Gasteiger partial charge in [-0.2, -0.15) is 0 Å². The van der Waals surface area contributed by atoms with E-state index in [1.807, 2.05) is 0 Å². The number of para-hydroxylation sites is 1. The van der Waals surface area contributed by atoms with Crippen LogP contribution in [0.2, 0.25) is 0 Å². The highest BCUT2D eigenvalue weighted by molar-refractivity contribution is 5.95. The maximum atomic E-state index is 12.0. The smallest absolute Gasteiger partial charge is 0.350 e. The Morgan fingerprint density at radius 3 is 2.71 bits per heavy atom. The summed E-state index contributed by atoms with van der Waals surface area (Å²) in [6.45, 7) is 0.108. The minimum Gasteiger partial charge on any atom is -0.454 e. The number of nitro groups is 1. The molecular formula is C14H9NO6. The molecule has 1 aliphatic rings. The lowest BCUT2D eigenvalue weighted by Gasteiger charge is -2.05. The number of carbonyl (C=O) groups is 1. The number of benzene rings is 2. The molecule has 0 saturated carbocycles. The fourth-order valence-corrected chi connectivity index (χ4v) is 1.91. The Balaban J connectivity index is 1.85. The number of nitro benzene ring substituents is 1. The molecule has 0 aromatic heterocycles. The Morgan fingerprint density at radius 2 is 1.90 bits per heavy atom. The topological polar surface area (TPSA) is 87.9 Å². The maximum Gasteiger partial charge on any atom is 0.350 e. The molecule has 0 bridgehead atoms. The van der Waals surface area contributed by atoms with E-state index < -0.39 is 10.9 Å². The summed E-state index contributed by atoms with van der Waals surface area (Å²) in [6, 6.07) is 10.2. The number of rotatable bonds is 3. The first-order valence-electron chi connectivity index (χ1n) is 6.00. The third-order valence-corrected chi connectivity index (χ3v) is 2.88. The van der Waals surface area contributed by atoms with Crippen LogP contribution in [-0.4, -0.2) is 17.7 Å². The van der Waals surface area contributed by atoms with Crippen molar-refractivity contribution in [3.8, 4) is 17.2 Å². The van der Waals surface area contributed by atoms with Crippen LogP contribution in [0.5, 0.6) is 17.2 Å². The predicted octanol–water partition coefficient (Wildman–Crippen LogP) is 2.54. The second-order valence-electron chi connectivity index (χ2n) is 4.18. The highest BCUT2D eigenvalue weighted by atomic mass is 16.7. The van der Waals surface area contributed by atoms with E-state index in [0.717, 1.165) is 0 Å². The van der Waals surface area contributed by atoms with Crippen molar-refractivity contribution < 1.29 is 23.9 Å². The van der Waals surface area contributed by atoms with Gasteiger partial charge in [0.25, 0.3) is 5.69 Å². The first-order valence-corrected chi connectivity index (χ1v) is 6.00. The number of ether oxygens (including phenoxy) is 3. The Kier molecular flexibility index (Phi) is 3.15. The van der Waals surface area contributed by atoms with Crippen LogP contribution >= 0.6 is 0 Å². The molecule has 21 heavy (non-hydrogen) atoms. The van der Waals surface area contributed by atoms with Crippen molar-refractivity contribution in [1.82, 2.24) is 0 Å². The van der Waals surface area contributed by atoms with Crippen LogP contribution in [0.1, 0.15) is 10.4 Å². The summed E-state index contributed by atoms with van der Waals surface area (Å²) < 4.78 is 15.4. The van der Waals surface area contributed by atoms with E-state index in [9.17, 15) is 14.9 Å². The molecule has 0 atom stereocenters. The molecule has 0 fully saturated rings. The van der Waals surface area contributed by atoms with Crippen LogP contribution < -0.4 is 14.2 Å². The van der Waals surface area contributed by atoms with E-state index >= 15 is 0 Å². The molecule has 0 unspecified atom stereocenters. The van der Waals surface area contributed by atoms with Crippen LogP contribution in [0.15, 0.2) is 42.5 Å². The molecule has 0 amide bonds. The van der Waals surface area contributed by atoms with Crippen molar-refractivity contribution in [2.24, 2.45) is 0 Å². The fraction of sp³-hybridized carbons (Fsp3) is 0.0714. The summed E-state index contributed by atoms with van der Waals surface area (Å²) >= 11 is 0. The van der Waals surface area contributed by atoms with Gasteiger partial charge in [-0.1, -0.05) is 12.1 Å². The van der Waals surface area contributed by atoms with E-state index in [-0.39, 0.29) is 23.8 Å². The van der Waals surface area contributed by atoms with Crippen molar-refractivity contribution >= 4 is 11.7 Å². The van der Waals surface area contributed by atoms with Crippen molar-refractivity contribution in [1.29, 1.82) is 0 Å². The van der Waals surface area contributed by atoms with Crippen LogP contribution in [0.25, 0.3) is 0 Å². The Labute approximate surface area is 118 Å². The summed E-state index contributed by atoms with van der Waals surface area (Å²) in [6.07, 6.45) is 0. The summed E-state index contributed by atoms with van der Waals surface area (Å²) in [4.78, 5) is 22.3. The summed E-state index contributed by atoms with van der Waals surface area (Å²) in [7, 11) is 0. The number of fused-ring (bicyclic) bond motifs is 1. The normalized spacial score (nSPS) is 12.0. The van der Waals surface area contributed by atoms with Gasteiger partial charge in [0.1, 0.15) is 11.3 Å². The van der Waals surface area contributed by atoms with Gasteiger partial charge >= 0.3 is 5.97 Å². The number of hydrogen-bond acceptors (Lipinski definition) is 6. The molecule has 0 saturated heterocycles. The standard InChI is InChI=1S/C14H9NO6/c16-14(10-3-1-2-4-11(10)15(17)18)21-9-5-6-12-13(7-9)20-8-19-12/h1-7H,8H2. The first-order chi connectivity index (χ1) is 10.1. The van der Waals surface area contributed by atoms with Crippen LogP contribution in [-0.2, 0) is 0 Å². The van der Waals surface area contributed by atoms with Crippen LogP contribution in [0.3, 0.4) is 0 Å². The van der Waals surface area contributed by atoms with Gasteiger partial charge in [0.2, 0.25) is 6.79 Å². The third-order valence-electron chi connectivity index (χ3n) is 2.88. The Bertz CT molecular complexity index is 727. The van der Waals surface area contributed by atoms with E-state index in [1.165, 1.54) is 36.4 Å². The van der Waals surface area contributed by atoms with Crippen molar-refractivity contribution in [2.75, 3.05) is 6.79 Å². The van der Waals surface area contributed by atoms with Gasteiger partial charge in [-0.15, -0.1) is 0 Å². The zero-order chi connectivity index (χ0) is 14.8. The van der Waals surface area contributed by atoms with E-state index in [0.29, 0.717) is 11.5 Å². The molecule has 2 aromatic carbocycles. The second kappa shape index (κ2) is 5.12. The summed E-state index contributed by atoms with van der Waals surface area (Å²) in [5.41, 5.74) is -0.414. The molecule has 1 aliphatic heterocycles. The summed E-state index contributed by atoms with van der Waals surface area (Å²) in [5, 5.41) is 10.9. The molecule has 0 spiro atoms. The lowest BCUT2D eigenvalue weighted by atomic mass is 10.2. The number of carbonyl (C=O) groups excluding carboxylic acids is 1. The third kappa shape index (κ3) is 2.48. The van der Waals surface area contributed by atoms with Gasteiger partial charge < -0.3 is 14.2 Å². The minimum atomic E-state index is -0.804. The zero-order valence-electron chi connectivity index (χ0n) is 10.6. The van der Waals surface area contributed by atoms with Gasteiger partial charge in [0.15, 0.2) is 11.5 Å². The van der Waals surface area contributed by atoms with Gasteiger partial charge in [0, 0.05) is 12.1 Å². The average molecular weight is 287 g/mol. The molecule has 0 N–H and O–H groups in total. The zero-order valence-corrected chi connectivity index (χ0v) is 10.6. The fourth-order valence-electron chi connectivity index (χ4n) is 1.91. The lowest BCUT2D eigenvalue weighted by Crippen LogP contribution is -2.10.